The van der Waals surface area contributed by atoms with E-state index < -0.39 is 57.9 Å². The van der Waals surface area contributed by atoms with E-state index in [1.165, 1.54) is 12.1 Å². The van der Waals surface area contributed by atoms with E-state index in [4.69, 9.17) is 4.74 Å². The van der Waals surface area contributed by atoms with Gasteiger partial charge in [0.05, 0.1) is 16.8 Å². The molecule has 4 aromatic carbocycles. The molecule has 0 unspecified atom stereocenters. The summed E-state index contributed by atoms with van der Waals surface area (Å²) in [6.07, 6.45) is -0.945. The second-order valence-electron chi connectivity index (χ2n) is 11.1. The lowest BCUT2D eigenvalue weighted by atomic mass is 10.0. The normalized spacial score (nSPS) is 16.8. The minimum atomic E-state index is -4.28. The number of hydrogen-bond acceptors (Lipinski definition) is 4. The Morgan fingerprint density at radius 2 is 1.34 bits per heavy atom. The number of thioether (sulfide) groups is 2. The predicted octanol–water partition coefficient (Wildman–Crippen LogP) is 11.3. The molecule has 1 aliphatic heterocycles. The van der Waals surface area contributed by atoms with Gasteiger partial charge in [-0.25, -0.2) is 26.3 Å². The van der Waals surface area contributed by atoms with Crippen molar-refractivity contribution in [2.75, 3.05) is 24.7 Å². The Labute approximate surface area is 275 Å². The summed E-state index contributed by atoms with van der Waals surface area (Å²) in [7, 11) is 0. The van der Waals surface area contributed by atoms with E-state index in [0.717, 1.165) is 73.3 Å². The van der Waals surface area contributed by atoms with Gasteiger partial charge in [0.2, 0.25) is 0 Å². The Kier molecular flexibility index (Phi) is 11.5. The summed E-state index contributed by atoms with van der Waals surface area (Å²) in [5.74, 6) is -6.62. The number of rotatable bonds is 12. The van der Waals surface area contributed by atoms with Crippen LogP contribution in [0.3, 0.4) is 0 Å². The van der Waals surface area contributed by atoms with Gasteiger partial charge in [-0.05, 0) is 65.6 Å². The summed E-state index contributed by atoms with van der Waals surface area (Å²) in [5, 5.41) is 0. The molecular formula is C35H30F8O2S2. The topological polar surface area (TPSA) is 18.5 Å². The third-order valence-corrected chi connectivity index (χ3v) is 10.8. The fraction of sp³-hybridized carbons (Fsp3) is 0.314. The van der Waals surface area contributed by atoms with Gasteiger partial charge in [-0.15, -0.1) is 23.5 Å². The molecule has 5 rings (SSSR count). The van der Waals surface area contributed by atoms with Crippen molar-refractivity contribution < 1.29 is 44.6 Å². The molecule has 0 aromatic heterocycles. The lowest BCUT2D eigenvalue weighted by Crippen LogP contribution is -2.23. The van der Waals surface area contributed by atoms with E-state index in [1.807, 2.05) is 0 Å². The Bertz CT molecular complexity index is 1690. The van der Waals surface area contributed by atoms with E-state index in [1.54, 1.807) is 29.6 Å². The highest BCUT2D eigenvalue weighted by atomic mass is 32.2. The summed E-state index contributed by atoms with van der Waals surface area (Å²) in [4.78, 5) is 0. The van der Waals surface area contributed by atoms with Crippen LogP contribution in [-0.4, -0.2) is 24.7 Å². The first-order valence-corrected chi connectivity index (χ1v) is 17.0. The van der Waals surface area contributed by atoms with Crippen LogP contribution in [0.4, 0.5) is 35.1 Å². The molecule has 0 bridgehead atoms. The van der Waals surface area contributed by atoms with Gasteiger partial charge in [-0.1, -0.05) is 38.0 Å². The van der Waals surface area contributed by atoms with Crippen LogP contribution in [0.2, 0.25) is 0 Å². The molecule has 0 spiro atoms. The molecule has 0 atom stereocenters. The van der Waals surface area contributed by atoms with Crippen LogP contribution in [0, 0.1) is 40.8 Å². The molecule has 0 saturated carbocycles. The Hall–Kier alpha value is -3.22. The van der Waals surface area contributed by atoms with Crippen LogP contribution in [0.5, 0.6) is 5.75 Å². The molecule has 4 aromatic rings. The monoisotopic (exact) mass is 698 g/mol. The van der Waals surface area contributed by atoms with Gasteiger partial charge < -0.3 is 9.47 Å². The molecule has 1 fully saturated rings. The van der Waals surface area contributed by atoms with Gasteiger partial charge in [0.15, 0.2) is 17.5 Å². The first kappa shape index (κ1) is 35.1. The first-order chi connectivity index (χ1) is 22.5. The Morgan fingerprint density at radius 1 is 0.702 bits per heavy atom. The molecule has 12 heteroatoms. The average Bonchev–Trinajstić information content (AvgIpc) is 3.03. The van der Waals surface area contributed by atoms with Crippen molar-refractivity contribution in [3.05, 3.63) is 113 Å². The van der Waals surface area contributed by atoms with E-state index in [9.17, 15) is 17.6 Å². The molecule has 47 heavy (non-hydrogen) atoms. The molecule has 1 heterocycles. The van der Waals surface area contributed by atoms with Crippen LogP contribution in [0.15, 0.2) is 66.7 Å². The van der Waals surface area contributed by atoms with Crippen molar-refractivity contribution >= 4 is 23.5 Å². The zero-order chi connectivity index (χ0) is 33.7. The predicted molar refractivity (Wildman–Crippen MR) is 170 cm³/mol. The number of alkyl halides is 2. The van der Waals surface area contributed by atoms with Crippen LogP contribution in [0.1, 0.15) is 41.9 Å². The van der Waals surface area contributed by atoms with Crippen LogP contribution < -0.4 is 4.74 Å². The van der Waals surface area contributed by atoms with Crippen LogP contribution in [0.25, 0.3) is 22.3 Å². The third-order valence-electron chi connectivity index (χ3n) is 7.55. The van der Waals surface area contributed by atoms with Crippen molar-refractivity contribution in [2.45, 2.75) is 36.9 Å². The van der Waals surface area contributed by atoms with Crippen molar-refractivity contribution in [1.29, 1.82) is 0 Å². The summed E-state index contributed by atoms with van der Waals surface area (Å²) in [6, 6.07) is 10.7. The van der Waals surface area contributed by atoms with Gasteiger partial charge in [0.1, 0.15) is 23.2 Å². The fourth-order valence-electron chi connectivity index (χ4n) is 5.07. The van der Waals surface area contributed by atoms with E-state index in [2.05, 4.69) is 11.7 Å². The number of benzene rings is 4. The van der Waals surface area contributed by atoms with E-state index in [-0.39, 0.29) is 21.3 Å². The number of hydrogen-bond donors (Lipinski definition) is 0. The molecule has 1 aliphatic rings. The molecule has 0 aliphatic carbocycles. The van der Waals surface area contributed by atoms with Crippen molar-refractivity contribution in [3.8, 4) is 28.0 Å². The van der Waals surface area contributed by atoms with Gasteiger partial charge in [-0.2, -0.15) is 8.78 Å². The molecular weight excluding hydrogens is 669 g/mol. The smallest absolute Gasteiger partial charge is 0.429 e. The summed E-state index contributed by atoms with van der Waals surface area (Å²) >= 11 is 3.41. The zero-order valence-corrected chi connectivity index (χ0v) is 26.7. The summed E-state index contributed by atoms with van der Waals surface area (Å²) in [5.41, 5.74) is -1.14. The van der Waals surface area contributed by atoms with Gasteiger partial charge in [0.25, 0.3) is 0 Å². The molecule has 0 radical (unpaired) electrons. The van der Waals surface area contributed by atoms with Crippen molar-refractivity contribution in [3.63, 3.8) is 0 Å². The highest BCUT2D eigenvalue weighted by Crippen LogP contribution is 2.46. The Morgan fingerprint density at radius 3 is 1.98 bits per heavy atom. The minimum Gasteiger partial charge on any atom is -0.429 e. The second-order valence-corrected chi connectivity index (χ2v) is 13.7. The van der Waals surface area contributed by atoms with Crippen molar-refractivity contribution in [1.82, 2.24) is 0 Å². The second kappa shape index (κ2) is 15.3. The average molecular weight is 699 g/mol. The molecule has 0 amide bonds. The quantitative estimate of drug-likeness (QED) is 0.0833. The van der Waals surface area contributed by atoms with Gasteiger partial charge >= 0.3 is 6.11 Å². The summed E-state index contributed by atoms with van der Waals surface area (Å²) < 4.78 is 126. The van der Waals surface area contributed by atoms with Gasteiger partial charge in [0, 0.05) is 41.2 Å². The maximum absolute atomic E-state index is 15.2. The molecule has 0 N–H and O–H groups in total. The highest BCUT2D eigenvalue weighted by Gasteiger charge is 2.38. The lowest BCUT2D eigenvalue weighted by molar-refractivity contribution is -0.187. The zero-order valence-electron chi connectivity index (χ0n) is 25.1. The van der Waals surface area contributed by atoms with Crippen LogP contribution in [-0.2, 0) is 10.8 Å². The lowest BCUT2D eigenvalue weighted by Gasteiger charge is -2.28. The summed E-state index contributed by atoms with van der Waals surface area (Å²) in [6.45, 7) is 3.59. The van der Waals surface area contributed by atoms with Crippen LogP contribution >= 0.6 is 23.5 Å². The largest absolute Gasteiger partial charge is 0.429 e. The number of unbranched alkanes of at least 4 members (excludes halogenated alkanes) is 2. The van der Waals surface area contributed by atoms with Crippen molar-refractivity contribution in [2.24, 2.45) is 5.92 Å². The van der Waals surface area contributed by atoms with Gasteiger partial charge in [-0.3, -0.25) is 0 Å². The maximum atomic E-state index is 15.2. The minimum absolute atomic E-state index is 0.0155. The standard InChI is InChI=1S/C35H30F8O2S2/c1-2-3-4-11-44-17-20-18-46-34(47-19-20)22-5-8-25(28(36)13-22)21-6-10-27(30(38)12-21)35(42,43)45-24-7-9-26(29(37)16-24)23-14-31(39)33(41)32(40)15-23/h5-10,12-16,20,34H,2-4,11,17-19H2,1H3. The van der Waals surface area contributed by atoms with E-state index in [0.29, 0.717) is 30.7 Å². The Balaban J connectivity index is 1.24. The fourth-order valence-corrected chi connectivity index (χ4v) is 8.08. The maximum Gasteiger partial charge on any atom is 0.429 e. The first-order valence-electron chi connectivity index (χ1n) is 14.9. The number of halogens is 8. The number of ether oxygens (including phenoxy) is 2. The highest BCUT2D eigenvalue weighted by molar-refractivity contribution is 8.16. The van der Waals surface area contributed by atoms with E-state index >= 15 is 17.6 Å². The molecule has 1 saturated heterocycles. The SMILES string of the molecule is CCCCCOCC1CSC(c2ccc(-c3ccc(C(F)(F)Oc4ccc(-c5cc(F)c(F)c(F)c5)c(F)c4)c(F)c3)c(F)c2)SC1. The molecule has 2 nitrogen and oxygen atoms in total. The third kappa shape index (κ3) is 8.45. The molecule has 250 valence electrons.